The molecule has 0 heterocycles. The Morgan fingerprint density at radius 1 is 1.26 bits per heavy atom. The van der Waals surface area contributed by atoms with Gasteiger partial charge < -0.3 is 19.9 Å². The number of nitrogens with two attached hydrogens (primary N) is 1. The third kappa shape index (κ3) is 5.23. The fourth-order valence-corrected chi connectivity index (χ4v) is 1.47. The summed E-state index contributed by atoms with van der Waals surface area (Å²) in [6.07, 6.45) is 0.664. The number of hydrogen-bond acceptors (Lipinski definition) is 4. The standard InChI is InChI=1S/C13H19FN2O3/c1-17-8-9-18-6-3-7-19-11-5-2-4-10(14)12(11)13(15)16/h2,4-5H,3,6-9H2,1H3,(H3,15,16). The van der Waals surface area contributed by atoms with Gasteiger partial charge in [0.1, 0.15) is 17.4 Å². The van der Waals surface area contributed by atoms with Gasteiger partial charge >= 0.3 is 0 Å². The van der Waals surface area contributed by atoms with Crippen LogP contribution in [0.25, 0.3) is 0 Å². The summed E-state index contributed by atoms with van der Waals surface area (Å²) in [4.78, 5) is 0. The van der Waals surface area contributed by atoms with Crippen molar-refractivity contribution in [3.63, 3.8) is 0 Å². The van der Waals surface area contributed by atoms with Crippen LogP contribution in [0.1, 0.15) is 12.0 Å². The lowest BCUT2D eigenvalue weighted by atomic mass is 10.1. The van der Waals surface area contributed by atoms with Crippen molar-refractivity contribution in [3.05, 3.63) is 29.6 Å². The molecule has 0 saturated heterocycles. The fraction of sp³-hybridized carbons (Fsp3) is 0.462. The molecule has 0 radical (unpaired) electrons. The number of amidine groups is 1. The second-order valence-electron chi connectivity index (χ2n) is 3.83. The lowest BCUT2D eigenvalue weighted by Crippen LogP contribution is -2.16. The first kappa shape index (κ1) is 15.4. The summed E-state index contributed by atoms with van der Waals surface area (Å²) in [6.45, 7) is 2.00. The highest BCUT2D eigenvalue weighted by atomic mass is 19.1. The zero-order valence-corrected chi connectivity index (χ0v) is 10.9. The summed E-state index contributed by atoms with van der Waals surface area (Å²) in [6, 6.07) is 4.36. The van der Waals surface area contributed by atoms with Crippen molar-refractivity contribution in [2.45, 2.75) is 6.42 Å². The Balaban J connectivity index is 2.37. The maximum absolute atomic E-state index is 13.5. The molecule has 0 amide bonds. The number of ether oxygens (including phenoxy) is 3. The van der Waals surface area contributed by atoms with Crippen molar-refractivity contribution in [2.24, 2.45) is 5.73 Å². The molecular formula is C13H19FN2O3. The van der Waals surface area contributed by atoms with Crippen molar-refractivity contribution in [3.8, 4) is 5.75 Å². The maximum atomic E-state index is 13.5. The predicted octanol–water partition coefficient (Wildman–Crippen LogP) is 1.54. The molecule has 1 rings (SSSR count). The van der Waals surface area contributed by atoms with Crippen molar-refractivity contribution >= 4 is 5.84 Å². The van der Waals surface area contributed by atoms with E-state index in [1.54, 1.807) is 13.2 Å². The molecule has 0 spiro atoms. The largest absolute Gasteiger partial charge is 0.493 e. The van der Waals surface area contributed by atoms with Crippen molar-refractivity contribution in [2.75, 3.05) is 33.5 Å². The number of nitrogen functional groups attached to an aromatic ring is 1. The highest BCUT2D eigenvalue weighted by Gasteiger charge is 2.12. The molecule has 0 saturated carbocycles. The summed E-state index contributed by atoms with van der Waals surface area (Å²) < 4.78 is 29.0. The number of methoxy groups -OCH3 is 1. The highest BCUT2D eigenvalue weighted by molar-refractivity contribution is 5.97. The maximum Gasteiger partial charge on any atom is 0.137 e. The molecule has 0 fully saturated rings. The summed E-state index contributed by atoms with van der Waals surface area (Å²) >= 11 is 0. The Morgan fingerprint density at radius 2 is 2.05 bits per heavy atom. The minimum absolute atomic E-state index is 0.00259. The van der Waals surface area contributed by atoms with Crippen LogP contribution in [0.5, 0.6) is 5.75 Å². The predicted molar refractivity (Wildman–Crippen MR) is 70.2 cm³/mol. The molecule has 19 heavy (non-hydrogen) atoms. The van der Waals surface area contributed by atoms with Gasteiger partial charge in [-0.05, 0) is 12.1 Å². The van der Waals surface area contributed by atoms with E-state index >= 15 is 0 Å². The SMILES string of the molecule is COCCOCCCOc1cccc(F)c1C(=N)N. The number of halogens is 1. The third-order valence-electron chi connectivity index (χ3n) is 2.37. The van der Waals surface area contributed by atoms with Gasteiger partial charge in [-0.1, -0.05) is 6.07 Å². The molecule has 0 unspecified atom stereocenters. The van der Waals surface area contributed by atoms with Crippen molar-refractivity contribution in [1.29, 1.82) is 5.41 Å². The normalized spacial score (nSPS) is 10.4. The molecule has 1 aromatic rings. The zero-order valence-electron chi connectivity index (χ0n) is 10.9. The van der Waals surface area contributed by atoms with Crippen LogP contribution in [0.3, 0.4) is 0 Å². The van der Waals surface area contributed by atoms with Crippen LogP contribution < -0.4 is 10.5 Å². The van der Waals surface area contributed by atoms with Crippen molar-refractivity contribution < 1.29 is 18.6 Å². The monoisotopic (exact) mass is 270 g/mol. The molecule has 0 aliphatic carbocycles. The van der Waals surface area contributed by atoms with Crippen molar-refractivity contribution in [1.82, 2.24) is 0 Å². The van der Waals surface area contributed by atoms with E-state index in [-0.39, 0.29) is 17.1 Å². The van der Waals surface area contributed by atoms with Gasteiger partial charge in [-0.3, -0.25) is 5.41 Å². The van der Waals surface area contributed by atoms with E-state index in [0.29, 0.717) is 32.8 Å². The molecule has 0 atom stereocenters. The minimum atomic E-state index is -0.554. The van der Waals surface area contributed by atoms with Crippen LogP contribution in [0.2, 0.25) is 0 Å². The average molecular weight is 270 g/mol. The molecule has 0 bridgehead atoms. The van der Waals surface area contributed by atoms with E-state index in [1.807, 2.05) is 0 Å². The first-order chi connectivity index (χ1) is 9.16. The lowest BCUT2D eigenvalue weighted by Gasteiger charge is -2.11. The first-order valence-electron chi connectivity index (χ1n) is 5.99. The Morgan fingerprint density at radius 3 is 2.74 bits per heavy atom. The summed E-state index contributed by atoms with van der Waals surface area (Å²) in [5.74, 6) is -0.616. The molecule has 0 aliphatic rings. The third-order valence-corrected chi connectivity index (χ3v) is 2.37. The van der Waals surface area contributed by atoms with Crippen LogP contribution in [-0.2, 0) is 9.47 Å². The Labute approximate surface area is 112 Å². The van der Waals surface area contributed by atoms with E-state index in [1.165, 1.54) is 12.1 Å². The second-order valence-corrected chi connectivity index (χ2v) is 3.83. The van der Waals surface area contributed by atoms with Crippen LogP contribution >= 0.6 is 0 Å². The molecule has 5 nitrogen and oxygen atoms in total. The topological polar surface area (TPSA) is 77.6 Å². The molecule has 0 aliphatic heterocycles. The first-order valence-corrected chi connectivity index (χ1v) is 5.99. The fourth-order valence-electron chi connectivity index (χ4n) is 1.47. The zero-order chi connectivity index (χ0) is 14.1. The van der Waals surface area contributed by atoms with Crippen LogP contribution in [-0.4, -0.2) is 39.4 Å². The van der Waals surface area contributed by atoms with Gasteiger partial charge in [-0.2, -0.15) is 0 Å². The molecule has 106 valence electrons. The summed E-state index contributed by atoms with van der Waals surface area (Å²) in [7, 11) is 1.61. The lowest BCUT2D eigenvalue weighted by molar-refractivity contribution is 0.0644. The molecular weight excluding hydrogens is 251 g/mol. The molecule has 1 aromatic carbocycles. The van der Waals surface area contributed by atoms with E-state index in [0.717, 1.165) is 0 Å². The van der Waals surface area contributed by atoms with Gasteiger partial charge in [-0.15, -0.1) is 0 Å². The summed E-state index contributed by atoms with van der Waals surface area (Å²) in [5, 5.41) is 7.33. The molecule has 6 heteroatoms. The summed E-state index contributed by atoms with van der Waals surface area (Å²) in [5.41, 5.74) is 5.33. The number of hydrogen-bond donors (Lipinski definition) is 2. The smallest absolute Gasteiger partial charge is 0.137 e. The number of nitrogens with one attached hydrogen (secondary N) is 1. The van der Waals surface area contributed by atoms with Crippen LogP contribution in [0.15, 0.2) is 18.2 Å². The van der Waals surface area contributed by atoms with Gasteiger partial charge in [0.2, 0.25) is 0 Å². The number of benzene rings is 1. The van der Waals surface area contributed by atoms with Crippen LogP contribution in [0.4, 0.5) is 4.39 Å². The van der Waals surface area contributed by atoms with E-state index in [2.05, 4.69) is 0 Å². The minimum Gasteiger partial charge on any atom is -0.493 e. The Kier molecular flexibility index (Phi) is 6.84. The van der Waals surface area contributed by atoms with Gasteiger partial charge in [0.15, 0.2) is 0 Å². The van der Waals surface area contributed by atoms with Gasteiger partial charge in [0, 0.05) is 20.1 Å². The van der Waals surface area contributed by atoms with Gasteiger partial charge in [0.25, 0.3) is 0 Å². The number of rotatable bonds is 9. The molecule has 3 N–H and O–H groups in total. The second kappa shape index (κ2) is 8.44. The van der Waals surface area contributed by atoms with Gasteiger partial charge in [0.05, 0.1) is 25.4 Å². The van der Waals surface area contributed by atoms with E-state index in [9.17, 15) is 4.39 Å². The average Bonchev–Trinajstić information content (AvgIpc) is 2.37. The molecule has 0 aromatic heterocycles. The van der Waals surface area contributed by atoms with E-state index in [4.69, 9.17) is 25.4 Å². The van der Waals surface area contributed by atoms with E-state index < -0.39 is 5.82 Å². The van der Waals surface area contributed by atoms with Crippen LogP contribution in [0, 0.1) is 11.2 Å². The Bertz CT molecular complexity index is 413. The quantitative estimate of drug-likeness (QED) is 0.405. The Hall–Kier alpha value is -1.66. The highest BCUT2D eigenvalue weighted by Crippen LogP contribution is 2.20. The van der Waals surface area contributed by atoms with Gasteiger partial charge in [-0.25, -0.2) is 4.39 Å².